The number of benzene rings is 1. The van der Waals surface area contributed by atoms with Crippen LogP contribution in [-0.4, -0.2) is 36.1 Å². The molecule has 6 heteroatoms. The predicted molar refractivity (Wildman–Crippen MR) is 87.0 cm³/mol. The molecule has 0 aliphatic heterocycles. The Hall–Kier alpha value is -1.59. The van der Waals surface area contributed by atoms with E-state index in [1.165, 1.54) is 0 Å². The molecule has 0 aromatic heterocycles. The van der Waals surface area contributed by atoms with E-state index in [-0.39, 0.29) is 30.9 Å². The Morgan fingerprint density at radius 2 is 2.00 bits per heavy atom. The smallest absolute Gasteiger partial charge is 0.252 e. The monoisotopic (exact) mass is 326 g/mol. The molecular formula is C16H23ClN2O3. The summed E-state index contributed by atoms with van der Waals surface area (Å²) in [5, 5.41) is 14.6. The van der Waals surface area contributed by atoms with Gasteiger partial charge in [-0.3, -0.25) is 9.59 Å². The van der Waals surface area contributed by atoms with Crippen LogP contribution >= 0.6 is 11.6 Å². The van der Waals surface area contributed by atoms with Crippen molar-refractivity contribution in [2.75, 3.05) is 13.2 Å². The molecule has 1 atom stereocenters. The van der Waals surface area contributed by atoms with Gasteiger partial charge >= 0.3 is 0 Å². The Labute approximate surface area is 136 Å². The van der Waals surface area contributed by atoms with Crippen LogP contribution in [-0.2, 0) is 4.79 Å². The van der Waals surface area contributed by atoms with E-state index in [1.807, 2.05) is 13.8 Å². The van der Waals surface area contributed by atoms with Crippen molar-refractivity contribution in [3.63, 3.8) is 0 Å². The third-order valence-electron chi connectivity index (χ3n) is 3.25. The minimum absolute atomic E-state index is 0.137. The number of aliphatic hydroxyl groups excluding tert-OH is 1. The Balaban J connectivity index is 2.86. The topological polar surface area (TPSA) is 78.4 Å². The summed E-state index contributed by atoms with van der Waals surface area (Å²) in [6, 6.07) is 4.45. The molecule has 0 fully saturated rings. The molecule has 122 valence electrons. The van der Waals surface area contributed by atoms with Crippen molar-refractivity contribution in [2.24, 2.45) is 5.92 Å². The molecule has 3 N–H and O–H groups in total. The van der Waals surface area contributed by atoms with Crippen LogP contribution in [0.25, 0.3) is 0 Å². The molecule has 0 heterocycles. The minimum atomic E-state index is -0.641. The average Bonchev–Trinajstić information content (AvgIpc) is 2.46. The lowest BCUT2D eigenvalue weighted by atomic mass is 10.0. The Morgan fingerprint density at radius 3 is 2.59 bits per heavy atom. The van der Waals surface area contributed by atoms with Gasteiger partial charge in [-0.2, -0.15) is 0 Å². The van der Waals surface area contributed by atoms with Crippen LogP contribution in [0.4, 0.5) is 0 Å². The van der Waals surface area contributed by atoms with E-state index in [0.717, 1.165) is 0 Å². The van der Waals surface area contributed by atoms with Crippen molar-refractivity contribution < 1.29 is 14.7 Å². The second kappa shape index (κ2) is 8.76. The van der Waals surface area contributed by atoms with E-state index < -0.39 is 6.04 Å². The largest absolute Gasteiger partial charge is 0.395 e. The lowest BCUT2D eigenvalue weighted by Gasteiger charge is -2.20. The number of amides is 2. The summed E-state index contributed by atoms with van der Waals surface area (Å²) in [4.78, 5) is 24.5. The van der Waals surface area contributed by atoms with Crippen LogP contribution in [0, 0.1) is 12.8 Å². The average molecular weight is 327 g/mol. The van der Waals surface area contributed by atoms with E-state index in [4.69, 9.17) is 16.7 Å². The molecule has 1 rings (SSSR count). The summed E-state index contributed by atoms with van der Waals surface area (Å²) in [5.74, 6) is -0.383. The lowest BCUT2D eigenvalue weighted by Crippen LogP contribution is -2.48. The zero-order valence-corrected chi connectivity index (χ0v) is 13.9. The van der Waals surface area contributed by atoms with Crippen LogP contribution in [0.5, 0.6) is 0 Å². The van der Waals surface area contributed by atoms with Gasteiger partial charge in [-0.1, -0.05) is 31.5 Å². The Kier molecular flexibility index (Phi) is 7.35. The lowest BCUT2D eigenvalue weighted by molar-refractivity contribution is -0.123. The van der Waals surface area contributed by atoms with E-state index >= 15 is 0 Å². The first-order valence-corrected chi connectivity index (χ1v) is 7.69. The normalized spacial score (nSPS) is 12.1. The fourth-order valence-corrected chi connectivity index (χ4v) is 2.27. The molecule has 22 heavy (non-hydrogen) atoms. The third-order valence-corrected chi connectivity index (χ3v) is 3.66. The fourth-order valence-electron chi connectivity index (χ4n) is 2.09. The van der Waals surface area contributed by atoms with Gasteiger partial charge in [0.05, 0.1) is 6.61 Å². The molecule has 1 aromatic rings. The zero-order valence-electron chi connectivity index (χ0n) is 13.1. The van der Waals surface area contributed by atoms with Crippen molar-refractivity contribution in [1.82, 2.24) is 10.6 Å². The summed E-state index contributed by atoms with van der Waals surface area (Å²) >= 11 is 6.02. The Bertz CT molecular complexity index is 532. The molecule has 0 aliphatic rings. The molecule has 0 saturated heterocycles. The van der Waals surface area contributed by atoms with Crippen molar-refractivity contribution in [2.45, 2.75) is 33.2 Å². The summed E-state index contributed by atoms with van der Waals surface area (Å²) in [6.07, 6.45) is 0.516. The van der Waals surface area contributed by atoms with Gasteiger partial charge in [0.1, 0.15) is 6.04 Å². The van der Waals surface area contributed by atoms with Gasteiger partial charge in [0, 0.05) is 17.1 Å². The zero-order chi connectivity index (χ0) is 16.7. The van der Waals surface area contributed by atoms with Gasteiger partial charge in [0.15, 0.2) is 0 Å². The SMILES string of the molecule is Cc1c(Cl)cccc1C(=O)N[C@@H](CC(C)C)C(=O)NCCO. The van der Waals surface area contributed by atoms with Crippen LogP contribution in [0.1, 0.15) is 36.2 Å². The number of rotatable bonds is 7. The molecule has 2 amide bonds. The minimum Gasteiger partial charge on any atom is -0.395 e. The summed E-state index contributed by atoms with van der Waals surface area (Å²) in [7, 11) is 0. The first kappa shape index (κ1) is 18.5. The van der Waals surface area contributed by atoms with E-state index in [9.17, 15) is 9.59 Å². The number of nitrogens with one attached hydrogen (secondary N) is 2. The molecular weight excluding hydrogens is 304 g/mol. The number of hydrogen-bond donors (Lipinski definition) is 3. The van der Waals surface area contributed by atoms with Gasteiger partial charge in [0.2, 0.25) is 5.91 Å². The van der Waals surface area contributed by atoms with Crippen LogP contribution < -0.4 is 10.6 Å². The van der Waals surface area contributed by atoms with Gasteiger partial charge < -0.3 is 15.7 Å². The van der Waals surface area contributed by atoms with Crippen molar-refractivity contribution in [1.29, 1.82) is 0 Å². The maximum Gasteiger partial charge on any atom is 0.252 e. The number of hydrogen-bond acceptors (Lipinski definition) is 3. The summed E-state index contributed by atoms with van der Waals surface area (Å²) < 4.78 is 0. The van der Waals surface area contributed by atoms with Gasteiger partial charge in [-0.05, 0) is 37.0 Å². The predicted octanol–water partition coefficient (Wildman–Crippen LogP) is 1.90. The summed E-state index contributed by atoms with van der Waals surface area (Å²) in [6.45, 7) is 5.74. The van der Waals surface area contributed by atoms with Crippen molar-refractivity contribution in [3.8, 4) is 0 Å². The summed E-state index contributed by atoms with van der Waals surface area (Å²) in [5.41, 5.74) is 1.14. The molecule has 0 spiro atoms. The van der Waals surface area contributed by atoms with Gasteiger partial charge in [0.25, 0.3) is 5.91 Å². The van der Waals surface area contributed by atoms with Crippen LogP contribution in [0.15, 0.2) is 18.2 Å². The molecule has 0 bridgehead atoms. The van der Waals surface area contributed by atoms with Crippen LogP contribution in [0.3, 0.4) is 0 Å². The maximum absolute atomic E-state index is 12.4. The molecule has 0 unspecified atom stereocenters. The molecule has 5 nitrogen and oxygen atoms in total. The first-order chi connectivity index (χ1) is 10.4. The second-order valence-corrected chi connectivity index (χ2v) is 5.99. The molecule has 0 radical (unpaired) electrons. The van der Waals surface area contributed by atoms with Gasteiger partial charge in [-0.25, -0.2) is 0 Å². The Morgan fingerprint density at radius 1 is 1.32 bits per heavy atom. The number of halogens is 1. The third kappa shape index (κ3) is 5.31. The van der Waals surface area contributed by atoms with Gasteiger partial charge in [-0.15, -0.1) is 0 Å². The fraction of sp³-hybridized carbons (Fsp3) is 0.500. The van der Waals surface area contributed by atoms with E-state index in [2.05, 4.69) is 10.6 Å². The highest BCUT2D eigenvalue weighted by atomic mass is 35.5. The van der Waals surface area contributed by atoms with E-state index in [1.54, 1.807) is 25.1 Å². The van der Waals surface area contributed by atoms with Crippen LogP contribution in [0.2, 0.25) is 5.02 Å². The molecule has 0 aliphatic carbocycles. The quantitative estimate of drug-likeness (QED) is 0.716. The standard InChI is InChI=1S/C16H23ClN2O3/c1-10(2)9-14(16(22)18-7-8-20)19-15(21)12-5-4-6-13(17)11(12)3/h4-6,10,14,20H,7-9H2,1-3H3,(H,18,22)(H,19,21)/t14-/m0/s1. The van der Waals surface area contributed by atoms with Crippen molar-refractivity contribution in [3.05, 3.63) is 34.3 Å². The highest BCUT2D eigenvalue weighted by Crippen LogP contribution is 2.19. The maximum atomic E-state index is 12.4. The first-order valence-electron chi connectivity index (χ1n) is 7.31. The highest BCUT2D eigenvalue weighted by Gasteiger charge is 2.23. The highest BCUT2D eigenvalue weighted by molar-refractivity contribution is 6.31. The van der Waals surface area contributed by atoms with E-state index in [0.29, 0.717) is 22.6 Å². The number of carbonyl (C=O) groups is 2. The molecule has 0 saturated carbocycles. The van der Waals surface area contributed by atoms with Crippen molar-refractivity contribution >= 4 is 23.4 Å². The number of aliphatic hydroxyl groups is 1. The second-order valence-electron chi connectivity index (χ2n) is 5.58. The molecule has 1 aromatic carbocycles. The number of carbonyl (C=O) groups excluding carboxylic acids is 2.